The lowest BCUT2D eigenvalue weighted by atomic mass is 9.57. The van der Waals surface area contributed by atoms with E-state index in [4.69, 9.17) is 11.5 Å². The highest BCUT2D eigenvalue weighted by molar-refractivity contribution is 14.1. The van der Waals surface area contributed by atoms with Crippen molar-refractivity contribution in [3.63, 3.8) is 0 Å². The Morgan fingerprint density at radius 3 is 1.64 bits per heavy atom. The van der Waals surface area contributed by atoms with Crippen molar-refractivity contribution in [3.05, 3.63) is 0 Å². The van der Waals surface area contributed by atoms with Gasteiger partial charge in [0.15, 0.2) is 0 Å². The highest BCUT2D eigenvalue weighted by Gasteiger charge is 2.65. The van der Waals surface area contributed by atoms with Crippen molar-refractivity contribution in [1.82, 2.24) is 0 Å². The molecule has 4 N–H and O–H groups in total. The molecule has 82 valence electrons. The molecule has 0 aromatic rings. The van der Waals surface area contributed by atoms with Crippen molar-refractivity contribution in [3.8, 4) is 0 Å². The van der Waals surface area contributed by atoms with Crippen LogP contribution in [0, 0.1) is 5.41 Å². The first-order valence-electron chi connectivity index (χ1n) is 5.39. The molecule has 2 unspecified atom stereocenters. The molecular formula is C11H21IN2. The van der Waals surface area contributed by atoms with Crippen LogP contribution in [0.2, 0.25) is 0 Å². The molecule has 2 rings (SSSR count). The molecule has 2 nitrogen and oxygen atoms in total. The second-order valence-electron chi connectivity index (χ2n) is 6.20. The number of halogens is 1. The van der Waals surface area contributed by atoms with E-state index >= 15 is 0 Å². The third-order valence-corrected chi connectivity index (χ3v) is 5.64. The third kappa shape index (κ3) is 1.21. The molecule has 3 heteroatoms. The van der Waals surface area contributed by atoms with Crippen molar-refractivity contribution < 1.29 is 0 Å². The molecule has 14 heavy (non-hydrogen) atoms. The Morgan fingerprint density at radius 2 is 1.29 bits per heavy atom. The highest BCUT2D eigenvalue weighted by Crippen LogP contribution is 2.61. The van der Waals surface area contributed by atoms with Crippen molar-refractivity contribution in [1.29, 1.82) is 0 Å². The zero-order valence-corrected chi connectivity index (χ0v) is 11.5. The van der Waals surface area contributed by atoms with Crippen LogP contribution in [0.1, 0.15) is 46.5 Å². The maximum Gasteiger partial charge on any atom is 0.0237 e. The predicted octanol–water partition coefficient (Wildman–Crippen LogP) is 2.19. The summed E-state index contributed by atoms with van der Waals surface area (Å²) in [5.74, 6) is 0. The van der Waals surface area contributed by atoms with Gasteiger partial charge < -0.3 is 11.5 Å². The Kier molecular flexibility index (Phi) is 2.12. The van der Waals surface area contributed by atoms with E-state index in [0.717, 1.165) is 25.7 Å². The summed E-state index contributed by atoms with van der Waals surface area (Å²) in [7, 11) is 0. The van der Waals surface area contributed by atoms with Gasteiger partial charge in [0.1, 0.15) is 0 Å². The molecule has 0 amide bonds. The zero-order chi connectivity index (χ0) is 10.8. The number of hydrogen-bond donors (Lipinski definition) is 2. The molecule has 2 aliphatic carbocycles. The lowest BCUT2D eigenvalue weighted by Crippen LogP contribution is -2.67. The maximum atomic E-state index is 6.55. The number of hydrogen-bond acceptors (Lipinski definition) is 2. The highest BCUT2D eigenvalue weighted by atomic mass is 127. The molecule has 2 saturated carbocycles. The van der Waals surface area contributed by atoms with Crippen LogP contribution in [0.3, 0.4) is 0 Å². The monoisotopic (exact) mass is 308 g/mol. The van der Waals surface area contributed by atoms with Crippen molar-refractivity contribution in [2.75, 3.05) is 0 Å². The minimum Gasteiger partial charge on any atom is -0.325 e. The minimum absolute atomic E-state index is 0.0457. The van der Waals surface area contributed by atoms with Crippen LogP contribution >= 0.6 is 22.6 Å². The third-order valence-electron chi connectivity index (χ3n) is 4.87. The molecule has 0 aliphatic heterocycles. The predicted molar refractivity (Wildman–Crippen MR) is 68.5 cm³/mol. The van der Waals surface area contributed by atoms with Gasteiger partial charge in [-0.05, 0) is 25.7 Å². The number of alkyl halides is 1. The SMILES string of the molecule is CC1(I)CC2(N)CC[C@](N)(C1)C2(C)C. The summed E-state index contributed by atoms with van der Waals surface area (Å²) < 4.78 is 0.285. The van der Waals surface area contributed by atoms with Crippen molar-refractivity contribution >= 4 is 22.6 Å². The van der Waals surface area contributed by atoms with Gasteiger partial charge in [-0.2, -0.15) is 0 Å². The molecule has 0 aromatic heterocycles. The fourth-order valence-corrected chi connectivity index (χ4v) is 4.92. The largest absolute Gasteiger partial charge is 0.325 e. The van der Waals surface area contributed by atoms with E-state index < -0.39 is 0 Å². The van der Waals surface area contributed by atoms with Gasteiger partial charge in [-0.3, -0.25) is 0 Å². The molecule has 0 spiro atoms. The van der Waals surface area contributed by atoms with Crippen LogP contribution in [-0.2, 0) is 0 Å². The van der Waals surface area contributed by atoms with Gasteiger partial charge in [-0.15, -0.1) is 0 Å². The average Bonchev–Trinajstić information content (AvgIpc) is 2.12. The molecule has 0 radical (unpaired) electrons. The minimum atomic E-state index is -0.0457. The van der Waals surface area contributed by atoms with Crippen LogP contribution in [0.5, 0.6) is 0 Å². The first-order valence-corrected chi connectivity index (χ1v) is 6.47. The second-order valence-corrected chi connectivity index (χ2v) is 8.81. The molecule has 3 atom stereocenters. The lowest BCUT2D eigenvalue weighted by molar-refractivity contribution is 0.0570. The Morgan fingerprint density at radius 1 is 0.929 bits per heavy atom. The topological polar surface area (TPSA) is 52.0 Å². The Bertz CT molecular complexity index is 250. The summed E-state index contributed by atoms with van der Waals surface area (Å²) in [6.45, 7) is 6.80. The molecular weight excluding hydrogens is 287 g/mol. The van der Waals surface area contributed by atoms with Crippen LogP contribution in [0.4, 0.5) is 0 Å². The quantitative estimate of drug-likeness (QED) is 0.532. The standard InChI is InChI=1S/C11H21IN2/c1-8(2)10(13)4-5-11(8,14)7-9(3,12)6-10/h4-7,13-14H2,1-3H3/t9?,10-,11?/m0/s1. The van der Waals surface area contributed by atoms with Crippen LogP contribution in [-0.4, -0.2) is 14.5 Å². The van der Waals surface area contributed by atoms with E-state index in [1.165, 1.54) is 0 Å². The van der Waals surface area contributed by atoms with E-state index in [-0.39, 0.29) is 19.9 Å². The molecule has 0 saturated heterocycles. The normalized spacial score (nSPS) is 56.1. The average molecular weight is 308 g/mol. The van der Waals surface area contributed by atoms with Gasteiger partial charge in [-0.1, -0.05) is 43.4 Å². The fourth-order valence-electron chi connectivity index (χ4n) is 3.56. The summed E-state index contributed by atoms with van der Waals surface area (Å²) in [6, 6.07) is 0. The first-order chi connectivity index (χ1) is 6.12. The molecule has 0 heterocycles. The van der Waals surface area contributed by atoms with Crippen molar-refractivity contribution in [2.24, 2.45) is 16.9 Å². The number of nitrogens with two attached hydrogens (primary N) is 2. The van der Waals surface area contributed by atoms with E-state index in [9.17, 15) is 0 Å². The fraction of sp³-hybridized carbons (Fsp3) is 1.00. The maximum absolute atomic E-state index is 6.55. The number of fused-ring (bicyclic) bond motifs is 2. The first kappa shape index (κ1) is 11.1. The van der Waals surface area contributed by atoms with Crippen molar-refractivity contribution in [2.45, 2.75) is 61.0 Å². The summed E-state index contributed by atoms with van der Waals surface area (Å²) in [4.78, 5) is 0. The zero-order valence-electron chi connectivity index (χ0n) is 9.36. The van der Waals surface area contributed by atoms with Gasteiger partial charge in [-0.25, -0.2) is 0 Å². The van der Waals surface area contributed by atoms with Crippen LogP contribution < -0.4 is 11.5 Å². The summed E-state index contributed by atoms with van der Waals surface area (Å²) in [5.41, 5.74) is 13.1. The molecule has 2 fully saturated rings. The van der Waals surface area contributed by atoms with Gasteiger partial charge in [0.2, 0.25) is 0 Å². The summed E-state index contributed by atoms with van der Waals surface area (Å²) >= 11 is 2.54. The van der Waals surface area contributed by atoms with Gasteiger partial charge in [0.05, 0.1) is 0 Å². The van der Waals surface area contributed by atoms with E-state index in [1.807, 2.05) is 0 Å². The molecule has 2 aliphatic rings. The molecule has 2 bridgehead atoms. The Labute approximate surface area is 100 Å². The Hall–Kier alpha value is 0.650. The van der Waals surface area contributed by atoms with Crippen LogP contribution in [0.25, 0.3) is 0 Å². The second kappa shape index (κ2) is 2.66. The van der Waals surface area contributed by atoms with Gasteiger partial charge >= 0.3 is 0 Å². The van der Waals surface area contributed by atoms with E-state index in [1.54, 1.807) is 0 Å². The molecule has 0 aromatic carbocycles. The van der Waals surface area contributed by atoms with Gasteiger partial charge in [0, 0.05) is 19.9 Å². The van der Waals surface area contributed by atoms with E-state index in [2.05, 4.69) is 43.4 Å². The lowest BCUT2D eigenvalue weighted by Gasteiger charge is -2.55. The smallest absolute Gasteiger partial charge is 0.0237 e. The summed E-state index contributed by atoms with van der Waals surface area (Å²) in [6.07, 6.45) is 4.39. The Balaban J connectivity index is 2.46. The van der Waals surface area contributed by atoms with E-state index in [0.29, 0.717) is 0 Å². The van der Waals surface area contributed by atoms with Crippen LogP contribution in [0.15, 0.2) is 0 Å². The van der Waals surface area contributed by atoms with Gasteiger partial charge in [0.25, 0.3) is 0 Å². The summed E-state index contributed by atoms with van der Waals surface area (Å²) in [5, 5.41) is 0. The number of rotatable bonds is 0.